The van der Waals surface area contributed by atoms with Crippen molar-refractivity contribution in [1.29, 1.82) is 0 Å². The number of nitrogens with two attached hydrogens (primary N) is 2. The van der Waals surface area contributed by atoms with Gasteiger partial charge in [-0.1, -0.05) is 7.43 Å². The van der Waals surface area contributed by atoms with Crippen LogP contribution in [0, 0.1) is 0 Å². The average molecular weight is 271 g/mol. The zero-order chi connectivity index (χ0) is 8.57. The smallest absolute Gasteiger partial charge is 0.549 e. The maximum Gasteiger partial charge on any atom is 2.00 e. The molecule has 0 aliphatic heterocycles. The van der Waals surface area contributed by atoms with E-state index in [1.54, 1.807) is 0 Å². The first-order chi connectivity index (χ1) is 4.54. The van der Waals surface area contributed by atoms with Crippen molar-refractivity contribution >= 4 is 11.9 Å². The Labute approximate surface area is 84.6 Å². The minimum atomic E-state index is -1.22. The third-order valence-corrected chi connectivity index (χ3v) is 0.333. The molecule has 4 N–H and O–H groups in total. The standard InChI is InChI=1S/2C2H5NO2.CH4.Pd/c2*3-1-2(4)5;;/h2*1,3H2,(H,4,5);1H4;/q;;;+2/p-2. The number of hydrogen-bond donors (Lipinski definition) is 2. The first-order valence-corrected chi connectivity index (χ1v) is 2.34. The number of carboxylic acid groups (broad SMARTS) is 2. The molecule has 0 aliphatic carbocycles. The van der Waals surface area contributed by atoms with Crippen LogP contribution in [0.1, 0.15) is 7.43 Å². The quantitative estimate of drug-likeness (QED) is 0.492. The molecule has 0 radical (unpaired) electrons. The fourth-order valence-electron chi connectivity index (χ4n) is 0. The van der Waals surface area contributed by atoms with E-state index >= 15 is 0 Å². The summed E-state index contributed by atoms with van der Waals surface area (Å²) in [5.41, 5.74) is 9.02. The van der Waals surface area contributed by atoms with Crippen molar-refractivity contribution in [1.82, 2.24) is 0 Å². The summed E-state index contributed by atoms with van der Waals surface area (Å²) >= 11 is 0. The second-order valence-electron chi connectivity index (χ2n) is 1.15. The number of carboxylic acids is 2. The first-order valence-electron chi connectivity index (χ1n) is 2.34. The van der Waals surface area contributed by atoms with Crippen LogP contribution in [-0.2, 0) is 30.0 Å². The van der Waals surface area contributed by atoms with Crippen LogP contribution in [-0.4, -0.2) is 25.0 Å². The Kier molecular flexibility index (Phi) is 31.7. The summed E-state index contributed by atoms with van der Waals surface area (Å²) in [6.07, 6.45) is 0. The molecule has 0 aromatic rings. The van der Waals surface area contributed by atoms with Crippen molar-refractivity contribution in [3.8, 4) is 0 Å². The Morgan fingerprint density at radius 2 is 1.08 bits per heavy atom. The third kappa shape index (κ3) is 55.7. The summed E-state index contributed by atoms with van der Waals surface area (Å²) in [5, 5.41) is 18.3. The summed E-state index contributed by atoms with van der Waals surface area (Å²) < 4.78 is 0. The van der Waals surface area contributed by atoms with E-state index in [1.807, 2.05) is 0 Å². The zero-order valence-corrected chi connectivity index (χ0v) is 7.07. The molecule has 6 nitrogen and oxygen atoms in total. The molecule has 0 unspecified atom stereocenters. The minimum absolute atomic E-state index is 0. The predicted octanol–water partition coefficient (Wildman–Crippen LogP) is -3.98. The Bertz CT molecular complexity index is 106. The summed E-state index contributed by atoms with van der Waals surface area (Å²) in [6.45, 7) is -0.778. The summed E-state index contributed by atoms with van der Waals surface area (Å²) in [4.78, 5) is 18.3. The summed E-state index contributed by atoms with van der Waals surface area (Å²) in [7, 11) is 0. The molecule has 7 heteroatoms. The molecule has 76 valence electrons. The number of rotatable bonds is 2. The van der Waals surface area contributed by atoms with E-state index in [2.05, 4.69) is 11.5 Å². The molecule has 0 spiro atoms. The summed E-state index contributed by atoms with van der Waals surface area (Å²) in [6, 6.07) is 0. The summed E-state index contributed by atoms with van der Waals surface area (Å²) in [5.74, 6) is -2.44. The van der Waals surface area contributed by atoms with Gasteiger partial charge < -0.3 is 31.3 Å². The second kappa shape index (κ2) is 16.9. The van der Waals surface area contributed by atoms with E-state index in [-0.39, 0.29) is 40.9 Å². The monoisotopic (exact) mass is 270 g/mol. The fraction of sp³-hybridized carbons (Fsp3) is 0.600. The normalized spacial score (nSPS) is 6.17. The van der Waals surface area contributed by atoms with Crippen LogP contribution < -0.4 is 21.7 Å². The van der Waals surface area contributed by atoms with Gasteiger partial charge in [-0.05, 0) is 0 Å². The molecule has 0 amide bonds. The van der Waals surface area contributed by atoms with Gasteiger partial charge >= 0.3 is 20.4 Å². The zero-order valence-electron chi connectivity index (χ0n) is 5.52. The molecule has 0 heterocycles. The van der Waals surface area contributed by atoms with Crippen LogP contribution in [0.4, 0.5) is 0 Å². The van der Waals surface area contributed by atoms with E-state index in [0.29, 0.717) is 0 Å². The third-order valence-electron chi connectivity index (χ3n) is 0.333. The van der Waals surface area contributed by atoms with Crippen molar-refractivity contribution in [2.45, 2.75) is 7.43 Å². The average Bonchev–Trinajstić information content (AvgIpc) is 1.89. The van der Waals surface area contributed by atoms with Crippen molar-refractivity contribution in [2.24, 2.45) is 11.5 Å². The van der Waals surface area contributed by atoms with Gasteiger partial charge in [0.25, 0.3) is 0 Å². The van der Waals surface area contributed by atoms with Crippen molar-refractivity contribution in [2.75, 3.05) is 13.1 Å². The van der Waals surface area contributed by atoms with Crippen LogP contribution in [0.5, 0.6) is 0 Å². The van der Waals surface area contributed by atoms with Gasteiger partial charge in [0.15, 0.2) is 0 Å². The van der Waals surface area contributed by atoms with Gasteiger partial charge in [-0.3, -0.25) is 0 Å². The van der Waals surface area contributed by atoms with Crippen LogP contribution >= 0.6 is 0 Å². The molecule has 0 saturated heterocycles. The van der Waals surface area contributed by atoms with Crippen molar-refractivity contribution < 1.29 is 40.2 Å². The second-order valence-corrected chi connectivity index (χ2v) is 1.15. The largest absolute Gasteiger partial charge is 2.00 e. The maximum absolute atomic E-state index is 9.13. The van der Waals surface area contributed by atoms with E-state index in [0.717, 1.165) is 0 Å². The van der Waals surface area contributed by atoms with Gasteiger partial charge in [0, 0.05) is 13.1 Å². The molecule has 0 fully saturated rings. The van der Waals surface area contributed by atoms with Crippen molar-refractivity contribution in [3.63, 3.8) is 0 Å². The predicted molar refractivity (Wildman–Crippen MR) is 34.9 cm³/mol. The SMILES string of the molecule is C.NCC(=O)[O-].NCC(=O)[O-].[Pd+2]. The van der Waals surface area contributed by atoms with Gasteiger partial charge in [0.05, 0.1) is 11.9 Å². The Morgan fingerprint density at radius 1 is 1.00 bits per heavy atom. The van der Waals surface area contributed by atoms with E-state index in [1.165, 1.54) is 0 Å². The fourth-order valence-corrected chi connectivity index (χ4v) is 0. The number of carbonyl (C=O) groups is 2. The number of carbonyl (C=O) groups excluding carboxylic acids is 2. The van der Waals surface area contributed by atoms with Crippen LogP contribution in [0.15, 0.2) is 0 Å². The molecular weight excluding hydrogens is 258 g/mol. The topological polar surface area (TPSA) is 132 Å². The maximum atomic E-state index is 9.13. The van der Waals surface area contributed by atoms with Gasteiger partial charge in [0.1, 0.15) is 0 Å². The Morgan fingerprint density at radius 3 is 1.08 bits per heavy atom. The van der Waals surface area contributed by atoms with Gasteiger partial charge in [-0.2, -0.15) is 0 Å². The Balaban J connectivity index is -0.0000000457. The molecule has 0 saturated carbocycles. The molecule has 12 heavy (non-hydrogen) atoms. The van der Waals surface area contributed by atoms with Gasteiger partial charge in [-0.15, -0.1) is 0 Å². The number of hydrogen-bond acceptors (Lipinski definition) is 6. The molecular formula is C5H12N2O4Pd. The van der Waals surface area contributed by atoms with Crippen molar-refractivity contribution in [3.05, 3.63) is 0 Å². The first kappa shape index (κ1) is 22.5. The molecule has 0 bridgehead atoms. The van der Waals surface area contributed by atoms with E-state index < -0.39 is 11.9 Å². The van der Waals surface area contributed by atoms with Gasteiger partial charge in [0.2, 0.25) is 0 Å². The molecule has 0 aliphatic rings. The van der Waals surface area contributed by atoms with E-state index in [4.69, 9.17) is 19.8 Å². The van der Waals surface area contributed by atoms with E-state index in [9.17, 15) is 0 Å². The minimum Gasteiger partial charge on any atom is -0.549 e. The van der Waals surface area contributed by atoms with Crippen LogP contribution in [0.3, 0.4) is 0 Å². The van der Waals surface area contributed by atoms with Crippen LogP contribution in [0.2, 0.25) is 0 Å². The van der Waals surface area contributed by atoms with Gasteiger partial charge in [-0.25, -0.2) is 0 Å². The molecule has 0 rings (SSSR count). The molecule has 0 aromatic carbocycles. The van der Waals surface area contributed by atoms with Crippen LogP contribution in [0.25, 0.3) is 0 Å². The molecule has 0 aromatic heterocycles. The number of aliphatic carboxylic acids is 2. The molecule has 0 atom stereocenters. The Hall–Kier alpha value is -0.478.